The van der Waals surface area contributed by atoms with Crippen LogP contribution in [0.1, 0.15) is 40.7 Å². The summed E-state index contributed by atoms with van der Waals surface area (Å²) in [4.78, 5) is 21.5. The number of pyridine rings is 1. The molecule has 0 saturated carbocycles. The molecule has 3 aliphatic rings. The topological polar surface area (TPSA) is 36.4 Å². The SMILES string of the molecule is O=C(c1cccnc1)N1CC2CC=C(c3ccc(CCN4CCCC4)cc3)C2C1. The lowest BCUT2D eigenvalue weighted by Crippen LogP contribution is -2.29. The largest absolute Gasteiger partial charge is 0.338 e. The summed E-state index contributed by atoms with van der Waals surface area (Å²) >= 11 is 0. The Labute approximate surface area is 173 Å². The lowest BCUT2D eigenvalue weighted by molar-refractivity contribution is 0.0784. The van der Waals surface area contributed by atoms with Gasteiger partial charge in [-0.3, -0.25) is 9.78 Å². The van der Waals surface area contributed by atoms with Gasteiger partial charge < -0.3 is 9.80 Å². The highest BCUT2D eigenvalue weighted by molar-refractivity contribution is 5.94. The first-order valence-electron chi connectivity index (χ1n) is 11.0. The number of amides is 1. The van der Waals surface area contributed by atoms with Gasteiger partial charge in [0.05, 0.1) is 5.56 Å². The van der Waals surface area contributed by atoms with Crippen molar-refractivity contribution in [2.24, 2.45) is 11.8 Å². The molecule has 2 saturated heterocycles. The van der Waals surface area contributed by atoms with E-state index in [2.05, 4.69) is 40.2 Å². The zero-order valence-electron chi connectivity index (χ0n) is 17.0. The van der Waals surface area contributed by atoms with Gasteiger partial charge in [0.15, 0.2) is 0 Å². The third-order valence-electron chi connectivity index (χ3n) is 6.88. The van der Waals surface area contributed by atoms with Gasteiger partial charge in [-0.05, 0) is 73.5 Å². The highest BCUT2D eigenvalue weighted by Gasteiger charge is 2.40. The molecule has 5 rings (SSSR count). The van der Waals surface area contributed by atoms with Crippen molar-refractivity contribution in [3.8, 4) is 0 Å². The van der Waals surface area contributed by atoms with Crippen molar-refractivity contribution in [2.45, 2.75) is 25.7 Å². The number of carbonyl (C=O) groups is 1. The molecule has 4 heteroatoms. The van der Waals surface area contributed by atoms with E-state index in [0.717, 1.165) is 25.9 Å². The molecule has 1 aromatic carbocycles. The maximum atomic E-state index is 12.8. The zero-order valence-corrected chi connectivity index (χ0v) is 17.0. The highest BCUT2D eigenvalue weighted by atomic mass is 16.2. The second-order valence-electron chi connectivity index (χ2n) is 8.71. The van der Waals surface area contributed by atoms with Crippen LogP contribution in [-0.2, 0) is 6.42 Å². The number of aromatic nitrogens is 1. The van der Waals surface area contributed by atoms with Crippen LogP contribution in [0.15, 0.2) is 54.9 Å². The van der Waals surface area contributed by atoms with Gasteiger partial charge in [0.1, 0.15) is 0 Å². The monoisotopic (exact) mass is 387 g/mol. The number of allylic oxidation sites excluding steroid dienone is 1. The first kappa shape index (κ1) is 18.6. The van der Waals surface area contributed by atoms with Crippen LogP contribution >= 0.6 is 0 Å². The summed E-state index contributed by atoms with van der Waals surface area (Å²) in [6, 6.07) is 12.9. The molecule has 1 amide bonds. The molecule has 1 aliphatic carbocycles. The quantitative estimate of drug-likeness (QED) is 0.781. The van der Waals surface area contributed by atoms with Gasteiger partial charge in [0, 0.05) is 37.9 Å². The van der Waals surface area contributed by atoms with E-state index >= 15 is 0 Å². The summed E-state index contributed by atoms with van der Waals surface area (Å²) in [6.45, 7) is 5.38. The number of nitrogens with zero attached hydrogens (tertiary/aromatic N) is 3. The van der Waals surface area contributed by atoms with Gasteiger partial charge in [-0.15, -0.1) is 0 Å². The Balaban J connectivity index is 1.22. The van der Waals surface area contributed by atoms with Crippen molar-refractivity contribution >= 4 is 11.5 Å². The predicted octanol–water partition coefficient (Wildman–Crippen LogP) is 3.90. The van der Waals surface area contributed by atoms with Crippen LogP contribution in [0, 0.1) is 11.8 Å². The third kappa shape index (κ3) is 3.86. The summed E-state index contributed by atoms with van der Waals surface area (Å²) < 4.78 is 0. The Bertz CT molecular complexity index is 884. The smallest absolute Gasteiger partial charge is 0.255 e. The summed E-state index contributed by atoms with van der Waals surface area (Å²) in [5.41, 5.74) is 4.89. The summed E-state index contributed by atoms with van der Waals surface area (Å²) in [5, 5.41) is 0. The van der Waals surface area contributed by atoms with Crippen LogP contribution in [0.4, 0.5) is 0 Å². The number of carbonyl (C=O) groups excluding carboxylic acids is 1. The van der Waals surface area contributed by atoms with Crippen molar-refractivity contribution < 1.29 is 4.79 Å². The molecule has 29 heavy (non-hydrogen) atoms. The van der Waals surface area contributed by atoms with E-state index in [0.29, 0.717) is 17.4 Å². The molecule has 150 valence electrons. The van der Waals surface area contributed by atoms with Crippen molar-refractivity contribution in [3.63, 3.8) is 0 Å². The molecule has 0 spiro atoms. The van der Waals surface area contributed by atoms with Gasteiger partial charge in [0.25, 0.3) is 5.91 Å². The van der Waals surface area contributed by atoms with Crippen LogP contribution in [0.5, 0.6) is 0 Å². The van der Waals surface area contributed by atoms with Crippen molar-refractivity contribution in [1.29, 1.82) is 0 Å². The van der Waals surface area contributed by atoms with E-state index in [4.69, 9.17) is 0 Å². The van der Waals surface area contributed by atoms with Gasteiger partial charge in [0.2, 0.25) is 0 Å². The van der Waals surface area contributed by atoms with Crippen molar-refractivity contribution in [2.75, 3.05) is 32.7 Å². The van der Waals surface area contributed by atoms with E-state index in [1.54, 1.807) is 12.4 Å². The van der Waals surface area contributed by atoms with Crippen LogP contribution in [0.25, 0.3) is 5.57 Å². The third-order valence-corrected chi connectivity index (χ3v) is 6.88. The van der Waals surface area contributed by atoms with Crippen molar-refractivity contribution in [1.82, 2.24) is 14.8 Å². The number of benzene rings is 1. The molecule has 2 aliphatic heterocycles. The van der Waals surface area contributed by atoms with E-state index in [1.165, 1.54) is 49.2 Å². The lowest BCUT2D eigenvalue weighted by atomic mass is 9.90. The average Bonchev–Trinajstić information content (AvgIpc) is 3.50. The molecule has 2 unspecified atom stereocenters. The van der Waals surface area contributed by atoms with Crippen LogP contribution in [-0.4, -0.2) is 53.4 Å². The maximum absolute atomic E-state index is 12.8. The fraction of sp³-hybridized carbons (Fsp3) is 0.440. The highest BCUT2D eigenvalue weighted by Crippen LogP contribution is 2.43. The van der Waals surface area contributed by atoms with E-state index in [-0.39, 0.29) is 5.91 Å². The predicted molar refractivity (Wildman–Crippen MR) is 116 cm³/mol. The minimum absolute atomic E-state index is 0.115. The van der Waals surface area contributed by atoms with Crippen LogP contribution in [0.2, 0.25) is 0 Å². The number of rotatable bonds is 5. The Hall–Kier alpha value is -2.46. The molecule has 2 fully saturated rings. The lowest BCUT2D eigenvalue weighted by Gasteiger charge is -2.18. The number of hydrogen-bond donors (Lipinski definition) is 0. The molecule has 2 atom stereocenters. The number of likely N-dealkylation sites (tertiary alicyclic amines) is 2. The average molecular weight is 388 g/mol. The molecular formula is C25H29N3O. The maximum Gasteiger partial charge on any atom is 0.255 e. The molecule has 2 aromatic rings. The summed E-state index contributed by atoms with van der Waals surface area (Å²) in [7, 11) is 0. The molecule has 0 N–H and O–H groups in total. The van der Waals surface area contributed by atoms with E-state index < -0.39 is 0 Å². The fourth-order valence-corrected chi connectivity index (χ4v) is 5.22. The second-order valence-corrected chi connectivity index (χ2v) is 8.71. The molecular weight excluding hydrogens is 358 g/mol. The summed E-state index contributed by atoms with van der Waals surface area (Å²) in [6.07, 6.45) is 10.7. The minimum Gasteiger partial charge on any atom is -0.338 e. The normalized spacial score (nSPS) is 24.0. The number of fused-ring (bicyclic) bond motifs is 1. The van der Waals surface area contributed by atoms with Gasteiger partial charge in [-0.2, -0.15) is 0 Å². The van der Waals surface area contributed by atoms with Crippen LogP contribution < -0.4 is 0 Å². The Morgan fingerprint density at radius 1 is 1.07 bits per heavy atom. The number of hydrogen-bond acceptors (Lipinski definition) is 3. The van der Waals surface area contributed by atoms with E-state index in [1.807, 2.05) is 17.0 Å². The van der Waals surface area contributed by atoms with Crippen LogP contribution in [0.3, 0.4) is 0 Å². The van der Waals surface area contributed by atoms with Gasteiger partial charge >= 0.3 is 0 Å². The molecule has 0 radical (unpaired) electrons. The van der Waals surface area contributed by atoms with E-state index in [9.17, 15) is 4.79 Å². The fourth-order valence-electron chi connectivity index (χ4n) is 5.22. The molecule has 1 aromatic heterocycles. The summed E-state index contributed by atoms with van der Waals surface area (Å²) in [5.74, 6) is 1.13. The Morgan fingerprint density at radius 3 is 2.66 bits per heavy atom. The first-order chi connectivity index (χ1) is 14.3. The first-order valence-corrected chi connectivity index (χ1v) is 11.0. The van der Waals surface area contributed by atoms with Gasteiger partial charge in [-0.25, -0.2) is 0 Å². The standard InChI is InChI=1S/C25H29N3O/c29-25(21-4-3-12-26-16-21)28-17-22-9-10-23(24(22)18-28)20-7-5-19(6-8-20)11-15-27-13-1-2-14-27/h3-8,10,12,16,22,24H,1-2,9,11,13-15,17-18H2. The van der Waals surface area contributed by atoms with Crippen molar-refractivity contribution in [3.05, 3.63) is 71.6 Å². The molecule has 4 nitrogen and oxygen atoms in total. The van der Waals surface area contributed by atoms with Gasteiger partial charge in [-0.1, -0.05) is 30.3 Å². The Kier molecular flexibility index (Phi) is 5.19. The molecule has 3 heterocycles. The Morgan fingerprint density at radius 2 is 1.90 bits per heavy atom. The molecule has 0 bridgehead atoms. The second kappa shape index (κ2) is 8.11. The zero-order chi connectivity index (χ0) is 19.6. The minimum atomic E-state index is 0.115.